The van der Waals surface area contributed by atoms with Crippen LogP contribution in [-0.2, 0) is 4.74 Å². The van der Waals surface area contributed by atoms with Gasteiger partial charge in [0.1, 0.15) is 0 Å². The molecule has 1 aliphatic rings. The summed E-state index contributed by atoms with van der Waals surface area (Å²) in [7, 11) is 0. The second kappa shape index (κ2) is 5.86. The standard InChI is InChI=1S/C10H20N2O2/c1-8(2)7-14-6-5-11-10(13)12-9-3-4-9/h8-9H,3-7H2,1-2H3,(H2,11,12,13). The molecule has 1 rings (SSSR count). The lowest BCUT2D eigenvalue weighted by molar-refractivity contribution is 0.112. The van der Waals surface area contributed by atoms with Crippen LogP contribution in [0.4, 0.5) is 4.79 Å². The molecule has 0 aromatic rings. The van der Waals surface area contributed by atoms with E-state index in [-0.39, 0.29) is 6.03 Å². The number of hydrogen-bond donors (Lipinski definition) is 2. The molecule has 0 spiro atoms. The Kier molecular flexibility index (Phi) is 4.73. The smallest absolute Gasteiger partial charge is 0.315 e. The zero-order chi connectivity index (χ0) is 10.4. The monoisotopic (exact) mass is 200 g/mol. The van der Waals surface area contributed by atoms with Crippen LogP contribution in [0.1, 0.15) is 26.7 Å². The van der Waals surface area contributed by atoms with Gasteiger partial charge in [-0.1, -0.05) is 13.8 Å². The van der Waals surface area contributed by atoms with Crippen LogP contribution in [0, 0.1) is 5.92 Å². The van der Waals surface area contributed by atoms with Crippen molar-refractivity contribution in [3.8, 4) is 0 Å². The molecule has 82 valence electrons. The molecular formula is C10H20N2O2. The van der Waals surface area contributed by atoms with Gasteiger partial charge in [0.25, 0.3) is 0 Å². The summed E-state index contributed by atoms with van der Waals surface area (Å²) in [6, 6.07) is 0.354. The number of ether oxygens (including phenoxy) is 1. The molecule has 1 aliphatic carbocycles. The van der Waals surface area contributed by atoms with Gasteiger partial charge in [0, 0.05) is 19.2 Å². The molecule has 0 aromatic heterocycles. The molecule has 0 atom stereocenters. The summed E-state index contributed by atoms with van der Waals surface area (Å²) in [4.78, 5) is 11.1. The zero-order valence-electron chi connectivity index (χ0n) is 9.01. The van der Waals surface area contributed by atoms with E-state index in [2.05, 4.69) is 24.5 Å². The molecule has 4 nitrogen and oxygen atoms in total. The third-order valence-electron chi connectivity index (χ3n) is 1.90. The maximum Gasteiger partial charge on any atom is 0.315 e. The average molecular weight is 200 g/mol. The van der Waals surface area contributed by atoms with Gasteiger partial charge in [-0.3, -0.25) is 0 Å². The Morgan fingerprint density at radius 1 is 1.50 bits per heavy atom. The molecule has 0 radical (unpaired) electrons. The molecule has 0 aliphatic heterocycles. The Labute approximate surface area is 85.4 Å². The predicted molar refractivity (Wildman–Crippen MR) is 55.2 cm³/mol. The molecule has 2 N–H and O–H groups in total. The third kappa shape index (κ3) is 5.80. The fourth-order valence-electron chi connectivity index (χ4n) is 1.02. The summed E-state index contributed by atoms with van der Waals surface area (Å²) in [6.07, 6.45) is 2.24. The van der Waals surface area contributed by atoms with Gasteiger partial charge in [-0.05, 0) is 18.8 Å². The van der Waals surface area contributed by atoms with Crippen molar-refractivity contribution in [2.75, 3.05) is 19.8 Å². The quantitative estimate of drug-likeness (QED) is 0.631. The number of urea groups is 1. The number of hydrogen-bond acceptors (Lipinski definition) is 2. The summed E-state index contributed by atoms with van der Waals surface area (Å²) in [5.74, 6) is 0.551. The average Bonchev–Trinajstić information content (AvgIpc) is 2.87. The maximum absolute atomic E-state index is 11.1. The van der Waals surface area contributed by atoms with Crippen molar-refractivity contribution in [2.24, 2.45) is 5.92 Å². The Hall–Kier alpha value is -0.770. The molecule has 0 heterocycles. The largest absolute Gasteiger partial charge is 0.379 e. The van der Waals surface area contributed by atoms with Gasteiger partial charge in [-0.15, -0.1) is 0 Å². The summed E-state index contributed by atoms with van der Waals surface area (Å²) in [5, 5.41) is 5.60. The lowest BCUT2D eigenvalue weighted by Gasteiger charge is -2.08. The highest BCUT2D eigenvalue weighted by molar-refractivity contribution is 5.74. The number of amides is 2. The Bertz CT molecular complexity index is 179. The minimum Gasteiger partial charge on any atom is -0.379 e. The van der Waals surface area contributed by atoms with Crippen LogP contribution < -0.4 is 10.6 Å². The van der Waals surface area contributed by atoms with Crippen molar-refractivity contribution in [1.82, 2.24) is 10.6 Å². The fourth-order valence-corrected chi connectivity index (χ4v) is 1.02. The van der Waals surface area contributed by atoms with Gasteiger partial charge >= 0.3 is 6.03 Å². The van der Waals surface area contributed by atoms with Crippen molar-refractivity contribution in [3.05, 3.63) is 0 Å². The first-order chi connectivity index (χ1) is 6.68. The molecule has 14 heavy (non-hydrogen) atoms. The first-order valence-electron chi connectivity index (χ1n) is 5.30. The number of rotatable bonds is 6. The molecule has 1 saturated carbocycles. The minimum atomic E-state index is -0.0688. The number of carbonyl (C=O) groups is 1. The van der Waals surface area contributed by atoms with Crippen LogP contribution in [0.2, 0.25) is 0 Å². The Morgan fingerprint density at radius 3 is 2.79 bits per heavy atom. The molecule has 0 bridgehead atoms. The van der Waals surface area contributed by atoms with Gasteiger partial charge in [0.2, 0.25) is 0 Å². The minimum absolute atomic E-state index is 0.0688. The predicted octanol–water partition coefficient (Wildman–Crippen LogP) is 1.12. The normalized spacial score (nSPS) is 15.6. The third-order valence-corrected chi connectivity index (χ3v) is 1.90. The van der Waals surface area contributed by atoms with E-state index in [9.17, 15) is 4.79 Å². The van der Waals surface area contributed by atoms with Gasteiger partial charge in [0.15, 0.2) is 0 Å². The zero-order valence-corrected chi connectivity index (χ0v) is 9.01. The molecular weight excluding hydrogens is 180 g/mol. The van der Waals surface area contributed by atoms with Crippen molar-refractivity contribution in [3.63, 3.8) is 0 Å². The molecule has 0 saturated heterocycles. The van der Waals surface area contributed by atoms with Crippen LogP contribution in [0.5, 0.6) is 0 Å². The van der Waals surface area contributed by atoms with E-state index in [4.69, 9.17) is 4.74 Å². The topological polar surface area (TPSA) is 50.4 Å². The van der Waals surface area contributed by atoms with Crippen molar-refractivity contribution >= 4 is 6.03 Å². The lowest BCUT2D eigenvalue weighted by Crippen LogP contribution is -2.38. The summed E-state index contributed by atoms with van der Waals surface area (Å²) in [6.45, 7) is 6.15. The van der Waals surface area contributed by atoms with Crippen molar-refractivity contribution in [1.29, 1.82) is 0 Å². The lowest BCUT2D eigenvalue weighted by atomic mass is 10.2. The molecule has 1 fully saturated rings. The van der Waals surface area contributed by atoms with Gasteiger partial charge in [-0.2, -0.15) is 0 Å². The summed E-state index contributed by atoms with van der Waals surface area (Å²) < 4.78 is 5.32. The molecule has 4 heteroatoms. The van der Waals surface area contributed by atoms with Crippen LogP contribution in [-0.4, -0.2) is 31.8 Å². The Balaban J connectivity index is 1.84. The van der Waals surface area contributed by atoms with E-state index in [1.807, 2.05) is 0 Å². The van der Waals surface area contributed by atoms with Crippen molar-refractivity contribution < 1.29 is 9.53 Å². The second-order valence-corrected chi connectivity index (χ2v) is 4.14. The highest BCUT2D eigenvalue weighted by Crippen LogP contribution is 2.17. The van der Waals surface area contributed by atoms with Crippen LogP contribution in [0.25, 0.3) is 0 Å². The summed E-state index contributed by atoms with van der Waals surface area (Å²) in [5.41, 5.74) is 0. The van der Waals surface area contributed by atoms with E-state index >= 15 is 0 Å². The van der Waals surface area contributed by atoms with Gasteiger partial charge in [-0.25, -0.2) is 4.79 Å². The summed E-state index contributed by atoms with van der Waals surface area (Å²) >= 11 is 0. The number of carbonyl (C=O) groups excluding carboxylic acids is 1. The van der Waals surface area contributed by atoms with Crippen LogP contribution in [0.3, 0.4) is 0 Å². The van der Waals surface area contributed by atoms with E-state index in [0.717, 1.165) is 19.4 Å². The van der Waals surface area contributed by atoms with Crippen LogP contribution >= 0.6 is 0 Å². The van der Waals surface area contributed by atoms with Gasteiger partial charge < -0.3 is 15.4 Å². The molecule has 2 amide bonds. The Morgan fingerprint density at radius 2 is 2.21 bits per heavy atom. The number of nitrogens with one attached hydrogen (secondary N) is 2. The van der Waals surface area contributed by atoms with Gasteiger partial charge in [0.05, 0.1) is 6.61 Å². The van der Waals surface area contributed by atoms with E-state index in [1.54, 1.807) is 0 Å². The first-order valence-corrected chi connectivity index (χ1v) is 5.30. The highest BCUT2D eigenvalue weighted by Gasteiger charge is 2.22. The van der Waals surface area contributed by atoms with E-state index in [1.165, 1.54) is 0 Å². The SMILES string of the molecule is CC(C)COCCNC(=O)NC1CC1. The molecule has 0 unspecified atom stereocenters. The van der Waals surface area contributed by atoms with E-state index in [0.29, 0.717) is 25.1 Å². The highest BCUT2D eigenvalue weighted by atomic mass is 16.5. The maximum atomic E-state index is 11.1. The van der Waals surface area contributed by atoms with Crippen molar-refractivity contribution in [2.45, 2.75) is 32.7 Å². The first kappa shape index (κ1) is 11.3. The second-order valence-electron chi connectivity index (χ2n) is 4.14. The van der Waals surface area contributed by atoms with Crippen LogP contribution in [0.15, 0.2) is 0 Å². The molecule has 0 aromatic carbocycles. The van der Waals surface area contributed by atoms with E-state index < -0.39 is 0 Å². The fraction of sp³-hybridized carbons (Fsp3) is 0.900.